The lowest BCUT2D eigenvalue weighted by atomic mass is 9.80. The largest absolute Gasteiger partial charge is 0.497 e. The number of hydrogen-bond donors (Lipinski definition) is 3. The number of ether oxygens (including phenoxy) is 5. The maximum atomic E-state index is 12.9. The molecule has 0 bridgehead atoms. The van der Waals surface area contributed by atoms with E-state index in [0.29, 0.717) is 11.5 Å². The van der Waals surface area contributed by atoms with Crippen LogP contribution >= 0.6 is 0 Å². The SMILES string of the molecule is COc1ccc(C(OC[C@H]2O[C@@H](n3cc(C#CCNC(=O)COC(C)=O)c(=O)[nH]c3=O)C[C@H]2O)(c2ccccc2)c2ccc(OC)cc2)cc1. The number of carbonyl (C=O) groups is 2. The lowest BCUT2D eigenvalue weighted by molar-refractivity contribution is -0.146. The first-order valence-electron chi connectivity index (χ1n) is 15.7. The van der Waals surface area contributed by atoms with Crippen molar-refractivity contribution in [2.24, 2.45) is 0 Å². The Labute approximate surface area is 287 Å². The molecule has 2 heterocycles. The number of nitrogens with zero attached hydrogens (tertiary/aromatic N) is 1. The lowest BCUT2D eigenvalue weighted by Crippen LogP contribution is -2.38. The second-order valence-corrected chi connectivity index (χ2v) is 11.3. The van der Waals surface area contributed by atoms with Crippen molar-refractivity contribution in [3.8, 4) is 23.3 Å². The van der Waals surface area contributed by atoms with Gasteiger partial charge >= 0.3 is 11.7 Å². The average Bonchev–Trinajstić information content (AvgIpc) is 3.50. The molecule has 1 aliphatic rings. The second-order valence-electron chi connectivity index (χ2n) is 11.3. The quantitative estimate of drug-likeness (QED) is 0.115. The molecule has 0 spiro atoms. The highest BCUT2D eigenvalue weighted by molar-refractivity contribution is 5.80. The minimum Gasteiger partial charge on any atom is -0.497 e. The van der Waals surface area contributed by atoms with Gasteiger partial charge in [-0.2, -0.15) is 0 Å². The van der Waals surface area contributed by atoms with Crippen LogP contribution in [0, 0.1) is 11.8 Å². The molecule has 1 aromatic heterocycles. The van der Waals surface area contributed by atoms with Crippen LogP contribution in [-0.4, -0.2) is 72.7 Å². The zero-order valence-corrected chi connectivity index (χ0v) is 27.7. The van der Waals surface area contributed by atoms with E-state index < -0.39 is 53.8 Å². The Bertz CT molecular complexity index is 1910. The molecule has 13 nitrogen and oxygen atoms in total. The number of H-pyrrole nitrogens is 1. The lowest BCUT2D eigenvalue weighted by Gasteiger charge is -2.37. The summed E-state index contributed by atoms with van der Waals surface area (Å²) >= 11 is 0. The van der Waals surface area contributed by atoms with E-state index in [4.69, 9.17) is 18.9 Å². The van der Waals surface area contributed by atoms with Gasteiger partial charge in [0.15, 0.2) is 6.61 Å². The molecule has 0 aliphatic carbocycles. The minimum atomic E-state index is -1.16. The van der Waals surface area contributed by atoms with E-state index in [2.05, 4.69) is 26.9 Å². The van der Waals surface area contributed by atoms with E-state index >= 15 is 0 Å². The van der Waals surface area contributed by atoms with Gasteiger partial charge in [-0.05, 0) is 41.0 Å². The molecular weight excluding hydrogens is 646 g/mol. The molecule has 0 saturated carbocycles. The number of aromatic amines is 1. The average molecular weight is 684 g/mol. The number of rotatable bonds is 12. The van der Waals surface area contributed by atoms with E-state index in [1.807, 2.05) is 78.9 Å². The van der Waals surface area contributed by atoms with E-state index in [1.165, 1.54) is 13.1 Å². The summed E-state index contributed by atoms with van der Waals surface area (Å²) in [6, 6.07) is 24.7. The van der Waals surface area contributed by atoms with Gasteiger partial charge in [0.25, 0.3) is 11.5 Å². The number of amides is 1. The highest BCUT2D eigenvalue weighted by Crippen LogP contribution is 2.42. The Balaban J connectivity index is 1.40. The van der Waals surface area contributed by atoms with Crippen molar-refractivity contribution < 1.29 is 38.4 Å². The maximum absolute atomic E-state index is 12.9. The number of esters is 1. The molecule has 3 atom stereocenters. The van der Waals surface area contributed by atoms with Crippen molar-refractivity contribution in [3.05, 3.63) is 128 Å². The van der Waals surface area contributed by atoms with E-state index in [9.17, 15) is 24.3 Å². The van der Waals surface area contributed by atoms with E-state index in [0.717, 1.165) is 21.3 Å². The van der Waals surface area contributed by atoms with Crippen LogP contribution in [0.5, 0.6) is 11.5 Å². The number of methoxy groups -OCH3 is 2. The molecule has 3 aromatic carbocycles. The van der Waals surface area contributed by atoms with Gasteiger partial charge in [0, 0.05) is 19.5 Å². The van der Waals surface area contributed by atoms with Crippen LogP contribution in [-0.2, 0) is 29.4 Å². The molecule has 1 aliphatic heterocycles. The summed E-state index contributed by atoms with van der Waals surface area (Å²) in [6.07, 6.45) is -1.55. The van der Waals surface area contributed by atoms with Crippen LogP contribution < -0.4 is 26.0 Å². The van der Waals surface area contributed by atoms with Crippen molar-refractivity contribution in [1.82, 2.24) is 14.9 Å². The van der Waals surface area contributed by atoms with Crippen molar-refractivity contribution in [2.45, 2.75) is 37.4 Å². The summed E-state index contributed by atoms with van der Waals surface area (Å²) in [4.78, 5) is 50.2. The number of hydrogen-bond acceptors (Lipinski definition) is 10. The summed E-state index contributed by atoms with van der Waals surface area (Å²) in [6.45, 7) is 0.506. The van der Waals surface area contributed by atoms with Gasteiger partial charge in [-0.3, -0.25) is 23.9 Å². The number of carbonyl (C=O) groups excluding carboxylic acids is 2. The summed E-state index contributed by atoms with van der Waals surface area (Å²) in [5, 5.41) is 13.6. The zero-order chi connectivity index (χ0) is 35.7. The van der Waals surface area contributed by atoms with Gasteiger partial charge < -0.3 is 34.1 Å². The summed E-state index contributed by atoms with van der Waals surface area (Å²) < 4.78 is 29.7. The molecule has 0 unspecified atom stereocenters. The van der Waals surface area contributed by atoms with Crippen LogP contribution in [0.3, 0.4) is 0 Å². The number of aliphatic hydroxyl groups excluding tert-OH is 1. The van der Waals surface area contributed by atoms with Crippen LogP contribution in [0.1, 0.15) is 41.8 Å². The Morgan fingerprint density at radius 3 is 2.14 bits per heavy atom. The Morgan fingerprint density at radius 2 is 1.56 bits per heavy atom. The third-order valence-electron chi connectivity index (χ3n) is 8.12. The van der Waals surface area contributed by atoms with Gasteiger partial charge in [0.2, 0.25) is 0 Å². The first-order chi connectivity index (χ1) is 24.1. The van der Waals surface area contributed by atoms with Crippen LogP contribution in [0.25, 0.3) is 0 Å². The first kappa shape index (κ1) is 35.6. The van der Waals surface area contributed by atoms with Crippen molar-refractivity contribution in [1.29, 1.82) is 0 Å². The highest BCUT2D eigenvalue weighted by Gasteiger charge is 2.42. The summed E-state index contributed by atoms with van der Waals surface area (Å²) in [5.74, 6) is 5.43. The smallest absolute Gasteiger partial charge is 0.330 e. The maximum Gasteiger partial charge on any atom is 0.330 e. The van der Waals surface area contributed by atoms with Gasteiger partial charge in [0.05, 0.1) is 33.5 Å². The minimum absolute atomic E-state index is 0.0302. The summed E-state index contributed by atoms with van der Waals surface area (Å²) in [5.41, 5.74) is -0.283. The molecule has 1 amide bonds. The second kappa shape index (κ2) is 16.1. The monoisotopic (exact) mass is 683 g/mol. The van der Waals surface area contributed by atoms with Crippen LogP contribution in [0.4, 0.5) is 0 Å². The topological polar surface area (TPSA) is 167 Å². The summed E-state index contributed by atoms with van der Waals surface area (Å²) in [7, 11) is 3.18. The van der Waals surface area contributed by atoms with Gasteiger partial charge in [0.1, 0.15) is 35.0 Å². The zero-order valence-electron chi connectivity index (χ0n) is 27.7. The van der Waals surface area contributed by atoms with Gasteiger partial charge in [-0.15, -0.1) is 0 Å². The third kappa shape index (κ3) is 8.12. The van der Waals surface area contributed by atoms with Crippen LogP contribution in [0.15, 0.2) is 94.6 Å². The molecule has 13 heteroatoms. The molecule has 1 saturated heterocycles. The van der Waals surface area contributed by atoms with E-state index in [-0.39, 0.29) is 25.1 Å². The predicted molar refractivity (Wildman–Crippen MR) is 181 cm³/mol. The molecule has 5 rings (SSSR count). The fourth-order valence-corrected chi connectivity index (χ4v) is 5.61. The number of aliphatic hydroxyl groups is 1. The van der Waals surface area contributed by atoms with Crippen molar-refractivity contribution in [3.63, 3.8) is 0 Å². The fourth-order valence-electron chi connectivity index (χ4n) is 5.61. The predicted octanol–water partition coefficient (Wildman–Crippen LogP) is 2.24. The molecular formula is C37H37N3O10. The van der Waals surface area contributed by atoms with E-state index in [1.54, 1.807) is 14.2 Å². The number of nitrogens with one attached hydrogen (secondary N) is 2. The molecule has 3 N–H and O–H groups in total. The molecule has 4 aromatic rings. The molecule has 1 fully saturated rings. The standard InChI is InChI=1S/C37H37N3O10/c1-24(41)48-23-33(43)38-19-7-8-25-21-40(36(45)39-35(25)44)34-20-31(42)32(50-34)22-49-37(26-9-5-4-6-10-26,27-11-15-29(46-2)16-12-27)28-13-17-30(47-3)18-14-28/h4-6,9-18,21,31-32,34,42H,19-20,22-23H2,1-3H3,(H,38,43)(H,39,44,45)/t31-,32-,34-/m1/s1. The Morgan fingerprint density at radius 1 is 0.960 bits per heavy atom. The first-order valence-corrected chi connectivity index (χ1v) is 15.7. The highest BCUT2D eigenvalue weighted by atomic mass is 16.6. The van der Waals surface area contributed by atoms with Gasteiger partial charge in [-0.1, -0.05) is 66.4 Å². The third-order valence-corrected chi connectivity index (χ3v) is 8.12. The van der Waals surface area contributed by atoms with Gasteiger partial charge in [-0.25, -0.2) is 4.79 Å². The number of aromatic nitrogens is 2. The van der Waals surface area contributed by atoms with Crippen molar-refractivity contribution in [2.75, 3.05) is 34.0 Å². The normalized spacial score (nSPS) is 16.9. The molecule has 50 heavy (non-hydrogen) atoms. The Kier molecular flexibility index (Phi) is 11.5. The molecule has 0 radical (unpaired) electrons. The molecule has 260 valence electrons. The fraction of sp³-hybridized carbons (Fsp3) is 0.297. The van der Waals surface area contributed by atoms with Crippen LogP contribution in [0.2, 0.25) is 0 Å². The van der Waals surface area contributed by atoms with Crippen molar-refractivity contribution >= 4 is 11.9 Å². The Hall–Kier alpha value is -5.68. The number of benzene rings is 3.